The van der Waals surface area contributed by atoms with Gasteiger partial charge in [-0.1, -0.05) is 0 Å². The number of hydrogen-bond acceptors (Lipinski definition) is 6. The van der Waals surface area contributed by atoms with Crippen molar-refractivity contribution in [1.82, 2.24) is 0 Å². The van der Waals surface area contributed by atoms with Gasteiger partial charge in [0.15, 0.2) is 0 Å². The Bertz CT molecular complexity index is 426. The van der Waals surface area contributed by atoms with E-state index in [0.29, 0.717) is 0 Å². The van der Waals surface area contributed by atoms with E-state index in [1.807, 2.05) is 0 Å². The van der Waals surface area contributed by atoms with Gasteiger partial charge in [-0.05, 0) is 0 Å². The second-order valence-corrected chi connectivity index (χ2v) is 6.05. The van der Waals surface area contributed by atoms with E-state index in [0.717, 1.165) is 0 Å². The molecule has 0 amide bonds. The smallest absolute Gasteiger partial charge is 0.333 e. The van der Waals surface area contributed by atoms with Crippen LogP contribution in [-0.2, 0) is 28.5 Å². The minimum absolute atomic E-state index is 0.0621. The molecule has 0 radical (unpaired) electrons. The third-order valence-corrected chi connectivity index (χ3v) is 5.79. The number of esters is 2. The van der Waals surface area contributed by atoms with Gasteiger partial charge in [-0.2, -0.15) is 0 Å². The third-order valence-electron chi connectivity index (χ3n) is 4.42. The van der Waals surface area contributed by atoms with Crippen LogP contribution >= 0.6 is 23.2 Å². The van der Waals surface area contributed by atoms with Gasteiger partial charge in [0.05, 0.1) is 13.2 Å². The first kappa shape index (κ1) is 13.4. The van der Waals surface area contributed by atoms with Crippen molar-refractivity contribution in [2.75, 3.05) is 27.4 Å². The lowest BCUT2D eigenvalue weighted by atomic mass is 9.90. The molecular formula is C11H12Cl2O6. The fraction of sp³-hybridized carbons (Fsp3) is 0.818. The highest BCUT2D eigenvalue weighted by Crippen LogP contribution is 2.66. The molecule has 1 saturated carbocycles. The summed E-state index contributed by atoms with van der Waals surface area (Å²) in [5, 5.41) is 0. The van der Waals surface area contributed by atoms with E-state index in [-0.39, 0.29) is 13.2 Å². The lowest BCUT2D eigenvalue weighted by molar-refractivity contribution is -0.236. The van der Waals surface area contributed by atoms with Crippen LogP contribution in [0, 0.1) is 11.8 Å². The molecule has 106 valence electrons. The van der Waals surface area contributed by atoms with Crippen molar-refractivity contribution in [3.05, 3.63) is 0 Å². The van der Waals surface area contributed by atoms with Crippen LogP contribution in [0.3, 0.4) is 0 Å². The molecule has 6 nitrogen and oxygen atoms in total. The van der Waals surface area contributed by atoms with Crippen molar-refractivity contribution < 1.29 is 28.5 Å². The van der Waals surface area contributed by atoms with Crippen LogP contribution in [0.25, 0.3) is 0 Å². The molecule has 3 fully saturated rings. The molecule has 0 spiro atoms. The summed E-state index contributed by atoms with van der Waals surface area (Å²) in [6.45, 7) is 0.124. The number of ether oxygens (including phenoxy) is 4. The van der Waals surface area contributed by atoms with Gasteiger partial charge in [0.1, 0.15) is 0 Å². The number of hydrogen-bond donors (Lipinski definition) is 0. The first-order valence-corrected chi connectivity index (χ1v) is 6.48. The molecule has 0 aromatic rings. The van der Waals surface area contributed by atoms with E-state index < -0.39 is 39.3 Å². The molecule has 4 atom stereocenters. The first-order valence-electron chi connectivity index (χ1n) is 5.72. The lowest BCUT2D eigenvalue weighted by Crippen LogP contribution is -2.65. The molecular weight excluding hydrogens is 299 g/mol. The highest BCUT2D eigenvalue weighted by Gasteiger charge is 2.87. The zero-order valence-electron chi connectivity index (χ0n) is 10.3. The van der Waals surface area contributed by atoms with Crippen molar-refractivity contribution >= 4 is 35.1 Å². The minimum atomic E-state index is -1.82. The molecule has 0 aromatic heterocycles. The number of cyclic esters (lactones) is 2. The number of carbonyl (C=O) groups excluding carboxylic acids is 2. The van der Waals surface area contributed by atoms with Crippen molar-refractivity contribution in [2.24, 2.45) is 11.8 Å². The van der Waals surface area contributed by atoms with Gasteiger partial charge in [0.2, 0.25) is 15.5 Å². The molecule has 8 heteroatoms. The zero-order valence-corrected chi connectivity index (χ0v) is 11.8. The summed E-state index contributed by atoms with van der Waals surface area (Å²) in [6.07, 6.45) is 0. The third kappa shape index (κ3) is 1.10. The fourth-order valence-corrected chi connectivity index (χ4v) is 4.75. The molecule has 3 rings (SSSR count). The Morgan fingerprint density at radius 3 is 1.68 bits per heavy atom. The first-order chi connectivity index (χ1) is 8.90. The van der Waals surface area contributed by atoms with Gasteiger partial charge in [-0.3, -0.25) is 0 Å². The molecule has 2 heterocycles. The van der Waals surface area contributed by atoms with E-state index in [1.165, 1.54) is 14.2 Å². The Morgan fingerprint density at radius 1 is 1.00 bits per heavy atom. The van der Waals surface area contributed by atoms with E-state index in [4.69, 9.17) is 42.1 Å². The van der Waals surface area contributed by atoms with Crippen molar-refractivity contribution in [3.8, 4) is 0 Å². The zero-order chi connectivity index (χ0) is 14.1. The van der Waals surface area contributed by atoms with Crippen LogP contribution in [0.2, 0.25) is 0 Å². The Balaban J connectivity index is 2.26. The van der Waals surface area contributed by atoms with Gasteiger partial charge in [0, 0.05) is 26.1 Å². The molecule has 19 heavy (non-hydrogen) atoms. The minimum Gasteiger partial charge on any atom is -0.464 e. The van der Waals surface area contributed by atoms with Crippen LogP contribution in [0.5, 0.6) is 0 Å². The van der Waals surface area contributed by atoms with Crippen molar-refractivity contribution in [3.63, 3.8) is 0 Å². The number of fused-ring (bicyclic) bond motifs is 3. The van der Waals surface area contributed by atoms with E-state index in [2.05, 4.69) is 0 Å². The number of methoxy groups -OCH3 is 2. The van der Waals surface area contributed by atoms with Crippen LogP contribution in [0.15, 0.2) is 0 Å². The van der Waals surface area contributed by atoms with E-state index in [1.54, 1.807) is 0 Å². The predicted molar refractivity (Wildman–Crippen MR) is 62.8 cm³/mol. The van der Waals surface area contributed by atoms with Crippen LogP contribution in [-0.4, -0.2) is 54.9 Å². The number of halogens is 2. The summed E-state index contributed by atoms with van der Waals surface area (Å²) in [7, 11) is 2.57. The normalized spacial score (nSPS) is 46.7. The Morgan fingerprint density at radius 2 is 1.37 bits per heavy atom. The number of carbonyl (C=O) groups is 2. The SMILES string of the molecule is COC1(OC)[C@@]2(Cl)C(=O)OC[C@H]2[C@H]2COC(=O)[C@]21Cl. The summed E-state index contributed by atoms with van der Waals surface area (Å²) in [5.74, 6) is -4.22. The second-order valence-electron chi connectivity index (χ2n) is 4.86. The van der Waals surface area contributed by atoms with Crippen LogP contribution in [0.1, 0.15) is 0 Å². The van der Waals surface area contributed by atoms with E-state index >= 15 is 0 Å². The molecule has 0 N–H and O–H groups in total. The lowest BCUT2D eigenvalue weighted by Gasteiger charge is -2.41. The summed E-state index contributed by atoms with van der Waals surface area (Å²) in [5.41, 5.74) is 0. The topological polar surface area (TPSA) is 71.1 Å². The van der Waals surface area contributed by atoms with Gasteiger partial charge < -0.3 is 18.9 Å². The van der Waals surface area contributed by atoms with Gasteiger partial charge in [-0.25, -0.2) is 9.59 Å². The number of rotatable bonds is 2. The highest BCUT2D eigenvalue weighted by molar-refractivity contribution is 6.42. The Kier molecular flexibility index (Phi) is 2.65. The molecule has 1 aliphatic carbocycles. The van der Waals surface area contributed by atoms with Gasteiger partial charge >= 0.3 is 11.9 Å². The summed E-state index contributed by atoms with van der Waals surface area (Å²) in [6, 6.07) is 0. The van der Waals surface area contributed by atoms with E-state index in [9.17, 15) is 9.59 Å². The average molecular weight is 311 g/mol. The quantitative estimate of drug-likeness (QED) is 0.415. The maximum atomic E-state index is 12.1. The highest BCUT2D eigenvalue weighted by atomic mass is 35.5. The number of alkyl halides is 2. The monoisotopic (exact) mass is 310 g/mol. The molecule has 0 aromatic carbocycles. The van der Waals surface area contributed by atoms with Crippen LogP contribution < -0.4 is 0 Å². The maximum Gasteiger partial charge on any atom is 0.333 e. The summed E-state index contributed by atoms with van der Waals surface area (Å²) >= 11 is 13.0. The average Bonchev–Trinajstić information content (AvgIpc) is 2.89. The fourth-order valence-electron chi connectivity index (χ4n) is 3.56. The molecule has 0 bridgehead atoms. The maximum absolute atomic E-state index is 12.1. The second kappa shape index (κ2) is 3.75. The van der Waals surface area contributed by atoms with Crippen LogP contribution in [0.4, 0.5) is 0 Å². The molecule has 3 aliphatic rings. The standard InChI is InChI=1S/C11H12Cl2O6/c1-16-11(17-2)9(12)5(3-18-7(9)14)6-4-19-8(15)10(6,11)13/h5-6H,3-4H2,1-2H3/t5-,6+,9-,10+. The Labute approximate surface area is 119 Å². The largest absolute Gasteiger partial charge is 0.464 e. The predicted octanol–water partition coefficient (Wildman–Crippen LogP) is 0.290. The molecule has 0 unspecified atom stereocenters. The summed E-state index contributed by atoms with van der Waals surface area (Å²) in [4.78, 5) is 20.8. The van der Waals surface area contributed by atoms with Gasteiger partial charge in [-0.15, -0.1) is 23.2 Å². The molecule has 2 saturated heterocycles. The van der Waals surface area contributed by atoms with Gasteiger partial charge in [0.25, 0.3) is 0 Å². The molecule has 2 aliphatic heterocycles. The van der Waals surface area contributed by atoms with Crippen molar-refractivity contribution in [1.29, 1.82) is 0 Å². The Hall–Kier alpha value is -0.560. The van der Waals surface area contributed by atoms with Crippen molar-refractivity contribution in [2.45, 2.75) is 15.5 Å². The summed E-state index contributed by atoms with van der Waals surface area (Å²) < 4.78 is 20.7.